The van der Waals surface area contributed by atoms with Crippen LogP contribution in [0.4, 0.5) is 5.69 Å². The van der Waals surface area contributed by atoms with Gasteiger partial charge in [0.1, 0.15) is 5.75 Å². The molecule has 0 saturated heterocycles. The highest BCUT2D eigenvalue weighted by atomic mass is 16.5. The number of carbonyl (C=O) groups excluding carboxylic acids is 1. The molecule has 110 valence electrons. The van der Waals surface area contributed by atoms with E-state index in [2.05, 4.69) is 5.32 Å². The highest BCUT2D eigenvalue weighted by molar-refractivity contribution is 5.92. The van der Waals surface area contributed by atoms with Crippen LogP contribution in [0.5, 0.6) is 5.75 Å². The zero-order valence-corrected chi connectivity index (χ0v) is 12.1. The maximum Gasteiger partial charge on any atom is 0.227 e. The molecule has 0 bridgehead atoms. The molecule has 2 rings (SSSR count). The molecule has 20 heavy (non-hydrogen) atoms. The Morgan fingerprint density at radius 2 is 2.00 bits per heavy atom. The summed E-state index contributed by atoms with van der Waals surface area (Å²) in [7, 11) is 0. The average Bonchev–Trinajstić information content (AvgIpc) is 2.49. The maximum absolute atomic E-state index is 12.3. The molecule has 4 heteroatoms. The Balaban J connectivity index is 1.96. The predicted molar refractivity (Wildman–Crippen MR) is 80.7 cm³/mol. The van der Waals surface area contributed by atoms with E-state index in [1.807, 2.05) is 31.2 Å². The van der Waals surface area contributed by atoms with Gasteiger partial charge in [0, 0.05) is 11.6 Å². The maximum atomic E-state index is 12.3. The number of ether oxygens (including phenoxy) is 1. The fourth-order valence-electron chi connectivity index (χ4n) is 2.87. The Morgan fingerprint density at radius 1 is 1.30 bits per heavy atom. The molecule has 3 N–H and O–H groups in total. The molecular formula is C16H24N2O2. The third-order valence-electron chi connectivity index (χ3n) is 3.98. The number of hydrogen-bond donors (Lipinski definition) is 2. The van der Waals surface area contributed by atoms with Gasteiger partial charge in [-0.05, 0) is 56.5 Å². The summed E-state index contributed by atoms with van der Waals surface area (Å²) >= 11 is 0. The Labute approximate surface area is 120 Å². The van der Waals surface area contributed by atoms with Crippen LogP contribution in [0, 0.1) is 11.8 Å². The normalized spacial score (nSPS) is 22.3. The van der Waals surface area contributed by atoms with Gasteiger partial charge in [-0.2, -0.15) is 0 Å². The molecule has 1 aliphatic rings. The van der Waals surface area contributed by atoms with Gasteiger partial charge in [-0.1, -0.05) is 12.8 Å². The second-order valence-corrected chi connectivity index (χ2v) is 5.33. The summed E-state index contributed by atoms with van der Waals surface area (Å²) in [4.78, 5) is 12.3. The number of nitrogens with two attached hydrogens (primary N) is 1. The second-order valence-electron chi connectivity index (χ2n) is 5.33. The van der Waals surface area contributed by atoms with Crippen LogP contribution in [0.3, 0.4) is 0 Å². The van der Waals surface area contributed by atoms with Crippen molar-refractivity contribution in [2.75, 3.05) is 18.5 Å². The standard InChI is InChI=1S/C16H24N2O2/c1-2-20-14-9-7-13(8-10-14)18-16(19)15-6-4-3-5-12(15)11-17/h7-10,12,15H,2-6,11,17H2,1H3,(H,18,19). The molecular weight excluding hydrogens is 252 g/mol. The van der Waals surface area contributed by atoms with Crippen LogP contribution in [0.15, 0.2) is 24.3 Å². The van der Waals surface area contributed by atoms with E-state index < -0.39 is 0 Å². The Kier molecular flexibility index (Phi) is 5.41. The molecule has 0 radical (unpaired) electrons. The van der Waals surface area contributed by atoms with Crippen molar-refractivity contribution in [2.45, 2.75) is 32.6 Å². The smallest absolute Gasteiger partial charge is 0.227 e. The lowest BCUT2D eigenvalue weighted by Gasteiger charge is -2.29. The van der Waals surface area contributed by atoms with E-state index in [0.29, 0.717) is 19.1 Å². The van der Waals surface area contributed by atoms with Crippen LogP contribution in [-0.2, 0) is 4.79 Å². The first-order chi connectivity index (χ1) is 9.74. The summed E-state index contributed by atoms with van der Waals surface area (Å²) in [5.74, 6) is 1.30. The lowest BCUT2D eigenvalue weighted by Crippen LogP contribution is -2.35. The van der Waals surface area contributed by atoms with E-state index in [4.69, 9.17) is 10.5 Å². The van der Waals surface area contributed by atoms with E-state index in [1.54, 1.807) is 0 Å². The van der Waals surface area contributed by atoms with Crippen molar-refractivity contribution >= 4 is 11.6 Å². The molecule has 1 fully saturated rings. The number of benzene rings is 1. The second kappa shape index (κ2) is 7.29. The van der Waals surface area contributed by atoms with Crippen LogP contribution in [0.1, 0.15) is 32.6 Å². The van der Waals surface area contributed by atoms with Crippen molar-refractivity contribution < 1.29 is 9.53 Å². The molecule has 0 spiro atoms. The quantitative estimate of drug-likeness (QED) is 0.869. The van der Waals surface area contributed by atoms with Gasteiger partial charge in [0.15, 0.2) is 0 Å². The van der Waals surface area contributed by atoms with E-state index in [1.165, 1.54) is 6.42 Å². The number of nitrogens with one attached hydrogen (secondary N) is 1. The van der Waals surface area contributed by atoms with Crippen molar-refractivity contribution in [3.05, 3.63) is 24.3 Å². The van der Waals surface area contributed by atoms with Gasteiger partial charge in [-0.3, -0.25) is 4.79 Å². The van der Waals surface area contributed by atoms with Crippen LogP contribution < -0.4 is 15.8 Å². The summed E-state index contributed by atoms with van der Waals surface area (Å²) in [6, 6.07) is 7.51. The molecule has 1 aromatic rings. The Hall–Kier alpha value is -1.55. The molecule has 1 aromatic carbocycles. The van der Waals surface area contributed by atoms with Crippen molar-refractivity contribution in [3.8, 4) is 5.75 Å². The predicted octanol–water partition coefficient (Wildman–Crippen LogP) is 2.79. The molecule has 1 saturated carbocycles. The molecule has 1 amide bonds. The highest BCUT2D eigenvalue weighted by Crippen LogP contribution is 2.30. The van der Waals surface area contributed by atoms with Gasteiger partial charge in [0.05, 0.1) is 6.61 Å². The first-order valence-corrected chi connectivity index (χ1v) is 7.48. The molecule has 2 unspecified atom stereocenters. The van der Waals surface area contributed by atoms with Crippen LogP contribution in [0.2, 0.25) is 0 Å². The summed E-state index contributed by atoms with van der Waals surface area (Å²) < 4.78 is 5.39. The molecule has 1 aliphatic carbocycles. The molecule has 0 aliphatic heterocycles. The van der Waals surface area contributed by atoms with Crippen LogP contribution >= 0.6 is 0 Å². The lowest BCUT2D eigenvalue weighted by atomic mass is 9.78. The fourth-order valence-corrected chi connectivity index (χ4v) is 2.87. The van der Waals surface area contributed by atoms with Crippen molar-refractivity contribution in [1.82, 2.24) is 0 Å². The largest absolute Gasteiger partial charge is 0.494 e. The minimum absolute atomic E-state index is 0.0559. The Morgan fingerprint density at radius 3 is 2.65 bits per heavy atom. The summed E-state index contributed by atoms with van der Waals surface area (Å²) in [5, 5.41) is 3.00. The summed E-state index contributed by atoms with van der Waals surface area (Å²) in [5.41, 5.74) is 6.60. The van der Waals surface area contributed by atoms with Gasteiger partial charge in [0.25, 0.3) is 0 Å². The number of carbonyl (C=O) groups is 1. The minimum Gasteiger partial charge on any atom is -0.494 e. The van der Waals surface area contributed by atoms with Gasteiger partial charge >= 0.3 is 0 Å². The molecule has 4 nitrogen and oxygen atoms in total. The third kappa shape index (κ3) is 3.73. The highest BCUT2D eigenvalue weighted by Gasteiger charge is 2.29. The number of amides is 1. The van der Waals surface area contributed by atoms with Crippen LogP contribution in [-0.4, -0.2) is 19.1 Å². The van der Waals surface area contributed by atoms with E-state index in [9.17, 15) is 4.79 Å². The van der Waals surface area contributed by atoms with Gasteiger partial charge in [-0.15, -0.1) is 0 Å². The fraction of sp³-hybridized carbons (Fsp3) is 0.562. The monoisotopic (exact) mass is 276 g/mol. The van der Waals surface area contributed by atoms with Crippen LogP contribution in [0.25, 0.3) is 0 Å². The average molecular weight is 276 g/mol. The lowest BCUT2D eigenvalue weighted by molar-refractivity contribution is -0.122. The van der Waals surface area contributed by atoms with Crippen molar-refractivity contribution in [3.63, 3.8) is 0 Å². The zero-order valence-electron chi connectivity index (χ0n) is 12.1. The van der Waals surface area contributed by atoms with Gasteiger partial charge in [0.2, 0.25) is 5.91 Å². The van der Waals surface area contributed by atoms with Gasteiger partial charge in [-0.25, -0.2) is 0 Å². The molecule has 2 atom stereocenters. The first kappa shape index (κ1) is 14.9. The van der Waals surface area contributed by atoms with E-state index >= 15 is 0 Å². The topological polar surface area (TPSA) is 64.3 Å². The Bertz CT molecular complexity index is 431. The van der Waals surface area contributed by atoms with Crippen molar-refractivity contribution in [2.24, 2.45) is 17.6 Å². The summed E-state index contributed by atoms with van der Waals surface area (Å²) in [6.45, 7) is 3.19. The van der Waals surface area contributed by atoms with Crippen molar-refractivity contribution in [1.29, 1.82) is 0 Å². The number of hydrogen-bond acceptors (Lipinski definition) is 3. The van der Waals surface area contributed by atoms with Gasteiger partial charge < -0.3 is 15.8 Å². The summed E-state index contributed by atoms with van der Waals surface area (Å²) in [6.07, 6.45) is 4.33. The number of anilines is 1. The molecule has 0 heterocycles. The first-order valence-electron chi connectivity index (χ1n) is 7.48. The van der Waals surface area contributed by atoms with E-state index in [-0.39, 0.29) is 11.8 Å². The van der Waals surface area contributed by atoms with E-state index in [0.717, 1.165) is 30.7 Å². The SMILES string of the molecule is CCOc1ccc(NC(=O)C2CCCCC2CN)cc1. The zero-order chi connectivity index (χ0) is 14.4. The number of rotatable bonds is 5. The third-order valence-corrected chi connectivity index (χ3v) is 3.98. The molecule has 0 aromatic heterocycles. The minimum atomic E-state index is 0.0559.